The van der Waals surface area contributed by atoms with Crippen molar-refractivity contribution in [1.29, 1.82) is 5.26 Å². The molecule has 0 atom stereocenters. The second kappa shape index (κ2) is 8.42. The van der Waals surface area contributed by atoms with Crippen LogP contribution in [-0.2, 0) is 4.79 Å². The number of benzene rings is 2. The third-order valence-corrected chi connectivity index (χ3v) is 4.32. The minimum atomic E-state index is -0.570. The lowest BCUT2D eigenvalue weighted by Gasteiger charge is -2.10. The van der Waals surface area contributed by atoms with Gasteiger partial charge in [-0.1, -0.05) is 41.4 Å². The summed E-state index contributed by atoms with van der Waals surface area (Å²) in [5.74, 6) is -0.127. The van der Waals surface area contributed by atoms with Crippen molar-refractivity contribution in [3.8, 4) is 23.1 Å². The van der Waals surface area contributed by atoms with Gasteiger partial charge >= 0.3 is 0 Å². The molecule has 1 amide bonds. The lowest BCUT2D eigenvalue weighted by Crippen LogP contribution is -2.14. The number of H-pyrrole nitrogens is 1. The van der Waals surface area contributed by atoms with Crippen LogP contribution in [0.25, 0.3) is 17.3 Å². The zero-order valence-corrected chi connectivity index (χ0v) is 16.0. The summed E-state index contributed by atoms with van der Waals surface area (Å²) in [6.07, 6.45) is 3.06. The summed E-state index contributed by atoms with van der Waals surface area (Å²) in [5, 5.41) is 19.5. The molecule has 7 heteroatoms. The van der Waals surface area contributed by atoms with Crippen LogP contribution < -0.4 is 10.1 Å². The number of aromatic amines is 1. The second-order valence-corrected chi connectivity index (χ2v) is 6.47. The number of aromatic nitrogens is 2. The molecule has 0 aliphatic heterocycles. The lowest BCUT2D eigenvalue weighted by molar-refractivity contribution is -0.112. The van der Waals surface area contributed by atoms with E-state index < -0.39 is 5.91 Å². The molecule has 0 saturated carbocycles. The zero-order chi connectivity index (χ0) is 20.1. The first kappa shape index (κ1) is 19.2. The van der Waals surface area contributed by atoms with E-state index in [1.54, 1.807) is 24.4 Å². The highest BCUT2D eigenvalue weighted by Crippen LogP contribution is 2.28. The van der Waals surface area contributed by atoms with Gasteiger partial charge in [-0.15, -0.1) is 0 Å². The van der Waals surface area contributed by atoms with E-state index in [-0.39, 0.29) is 5.57 Å². The van der Waals surface area contributed by atoms with Crippen LogP contribution >= 0.6 is 11.6 Å². The summed E-state index contributed by atoms with van der Waals surface area (Å²) in [6, 6.07) is 14.6. The SMILES string of the molecule is COc1ccc(Cl)cc1NC(=O)C(C#N)=Cc1cn[nH]c1-c1ccc(C)cc1. The Bertz CT molecular complexity index is 1080. The van der Waals surface area contributed by atoms with Crippen molar-refractivity contribution in [2.45, 2.75) is 6.92 Å². The number of carbonyl (C=O) groups is 1. The third kappa shape index (κ3) is 4.22. The molecule has 2 aromatic carbocycles. The lowest BCUT2D eigenvalue weighted by atomic mass is 10.0. The summed E-state index contributed by atoms with van der Waals surface area (Å²) in [5.41, 5.74) is 3.70. The Balaban J connectivity index is 1.90. The van der Waals surface area contributed by atoms with Gasteiger partial charge in [0.25, 0.3) is 5.91 Å². The fraction of sp³-hybridized carbons (Fsp3) is 0.0952. The second-order valence-electron chi connectivity index (χ2n) is 6.03. The molecular formula is C21H17ClN4O2. The topological polar surface area (TPSA) is 90.8 Å². The largest absolute Gasteiger partial charge is 0.495 e. The van der Waals surface area contributed by atoms with Crippen LogP contribution in [0.5, 0.6) is 5.75 Å². The molecule has 0 bridgehead atoms. The Morgan fingerprint density at radius 3 is 2.71 bits per heavy atom. The van der Waals surface area contributed by atoms with Crippen molar-refractivity contribution in [2.24, 2.45) is 0 Å². The van der Waals surface area contributed by atoms with Crippen LogP contribution in [0.2, 0.25) is 5.02 Å². The van der Waals surface area contributed by atoms with Gasteiger partial charge in [-0.3, -0.25) is 9.89 Å². The Kier molecular flexibility index (Phi) is 5.78. The highest BCUT2D eigenvalue weighted by molar-refractivity contribution is 6.31. The fourth-order valence-electron chi connectivity index (χ4n) is 2.63. The molecule has 0 radical (unpaired) electrons. The van der Waals surface area contributed by atoms with E-state index in [1.165, 1.54) is 13.2 Å². The summed E-state index contributed by atoms with van der Waals surface area (Å²) in [6.45, 7) is 2.00. The number of nitriles is 1. The van der Waals surface area contributed by atoms with Gasteiger partial charge in [-0.05, 0) is 31.2 Å². The number of carbonyl (C=O) groups excluding carboxylic acids is 1. The number of ether oxygens (including phenoxy) is 1. The number of methoxy groups -OCH3 is 1. The van der Waals surface area contributed by atoms with E-state index in [4.69, 9.17) is 16.3 Å². The van der Waals surface area contributed by atoms with E-state index in [0.717, 1.165) is 16.8 Å². The number of hydrogen-bond donors (Lipinski definition) is 2. The molecule has 2 N–H and O–H groups in total. The quantitative estimate of drug-likeness (QED) is 0.490. The molecule has 3 rings (SSSR count). The molecular weight excluding hydrogens is 376 g/mol. The number of nitrogens with one attached hydrogen (secondary N) is 2. The highest BCUT2D eigenvalue weighted by Gasteiger charge is 2.15. The fourth-order valence-corrected chi connectivity index (χ4v) is 2.80. The first-order chi connectivity index (χ1) is 13.5. The predicted octanol–water partition coefficient (Wildman–Crippen LogP) is 4.59. The summed E-state index contributed by atoms with van der Waals surface area (Å²) < 4.78 is 5.22. The maximum Gasteiger partial charge on any atom is 0.266 e. The van der Waals surface area contributed by atoms with E-state index in [1.807, 2.05) is 37.3 Å². The molecule has 0 spiro atoms. The molecule has 0 fully saturated rings. The van der Waals surface area contributed by atoms with Crippen LogP contribution in [0.4, 0.5) is 5.69 Å². The van der Waals surface area contributed by atoms with E-state index in [9.17, 15) is 10.1 Å². The molecule has 0 aliphatic rings. The van der Waals surface area contributed by atoms with Gasteiger partial charge in [0.1, 0.15) is 17.4 Å². The number of rotatable bonds is 5. The standard InChI is InChI=1S/C21H17ClN4O2/c1-13-3-5-14(6-4-13)20-16(12-24-26-20)9-15(11-23)21(27)25-18-10-17(22)7-8-19(18)28-2/h3-10,12H,1-2H3,(H,24,26)(H,25,27). The Labute approximate surface area is 167 Å². The van der Waals surface area contributed by atoms with Crippen molar-refractivity contribution in [2.75, 3.05) is 12.4 Å². The molecule has 0 unspecified atom stereocenters. The van der Waals surface area contributed by atoms with Gasteiger partial charge in [0, 0.05) is 16.1 Å². The van der Waals surface area contributed by atoms with E-state index >= 15 is 0 Å². The Morgan fingerprint density at radius 2 is 2.04 bits per heavy atom. The third-order valence-electron chi connectivity index (χ3n) is 4.08. The molecule has 0 aliphatic carbocycles. The minimum absolute atomic E-state index is 0.0724. The number of aryl methyl sites for hydroxylation is 1. The summed E-state index contributed by atoms with van der Waals surface area (Å²) >= 11 is 5.99. The smallest absolute Gasteiger partial charge is 0.266 e. The van der Waals surface area contributed by atoms with E-state index in [0.29, 0.717) is 22.0 Å². The van der Waals surface area contributed by atoms with Crippen molar-refractivity contribution < 1.29 is 9.53 Å². The monoisotopic (exact) mass is 392 g/mol. The van der Waals surface area contributed by atoms with Crippen molar-refractivity contribution >= 4 is 29.3 Å². The average Bonchev–Trinajstić information content (AvgIpc) is 3.15. The number of amides is 1. The number of halogens is 1. The molecule has 0 saturated heterocycles. The van der Waals surface area contributed by atoms with Crippen LogP contribution in [0.15, 0.2) is 54.2 Å². The summed E-state index contributed by atoms with van der Waals surface area (Å²) in [7, 11) is 1.49. The van der Waals surface area contributed by atoms with Crippen molar-refractivity contribution in [3.05, 3.63) is 70.4 Å². The molecule has 1 aromatic heterocycles. The molecule has 1 heterocycles. The summed E-state index contributed by atoms with van der Waals surface area (Å²) in [4.78, 5) is 12.6. The average molecular weight is 393 g/mol. The van der Waals surface area contributed by atoms with Gasteiger partial charge in [-0.2, -0.15) is 10.4 Å². The van der Waals surface area contributed by atoms with Crippen molar-refractivity contribution in [3.63, 3.8) is 0 Å². The molecule has 28 heavy (non-hydrogen) atoms. The van der Waals surface area contributed by atoms with Gasteiger partial charge in [0.05, 0.1) is 24.7 Å². The van der Waals surface area contributed by atoms with E-state index in [2.05, 4.69) is 15.5 Å². The van der Waals surface area contributed by atoms with Gasteiger partial charge in [0.2, 0.25) is 0 Å². The first-order valence-corrected chi connectivity index (χ1v) is 8.76. The van der Waals surface area contributed by atoms with Crippen LogP contribution in [-0.4, -0.2) is 23.2 Å². The van der Waals surface area contributed by atoms with Gasteiger partial charge < -0.3 is 10.1 Å². The Hall–Kier alpha value is -3.56. The zero-order valence-electron chi connectivity index (χ0n) is 15.3. The van der Waals surface area contributed by atoms with Crippen molar-refractivity contribution in [1.82, 2.24) is 10.2 Å². The van der Waals surface area contributed by atoms with Crippen LogP contribution in [0, 0.1) is 18.3 Å². The number of anilines is 1. The molecule has 6 nitrogen and oxygen atoms in total. The van der Waals surface area contributed by atoms with Crippen LogP contribution in [0.3, 0.4) is 0 Å². The molecule has 140 valence electrons. The normalized spacial score (nSPS) is 11.0. The van der Waals surface area contributed by atoms with Gasteiger partial charge in [-0.25, -0.2) is 0 Å². The number of hydrogen-bond acceptors (Lipinski definition) is 4. The first-order valence-electron chi connectivity index (χ1n) is 8.39. The maximum absolute atomic E-state index is 12.6. The predicted molar refractivity (Wildman–Crippen MR) is 109 cm³/mol. The van der Waals surface area contributed by atoms with Crippen LogP contribution in [0.1, 0.15) is 11.1 Å². The number of nitrogens with zero attached hydrogens (tertiary/aromatic N) is 2. The maximum atomic E-state index is 12.6. The highest BCUT2D eigenvalue weighted by atomic mass is 35.5. The minimum Gasteiger partial charge on any atom is -0.495 e. The van der Waals surface area contributed by atoms with Gasteiger partial charge in [0.15, 0.2) is 0 Å². The molecule has 3 aromatic rings. The Morgan fingerprint density at radius 1 is 1.29 bits per heavy atom.